The van der Waals surface area contributed by atoms with Crippen molar-refractivity contribution in [3.8, 4) is 11.5 Å². The van der Waals surface area contributed by atoms with Crippen molar-refractivity contribution in [2.45, 2.75) is 38.0 Å². The number of aldehydes is 1. The molecule has 1 amide bonds. The van der Waals surface area contributed by atoms with Crippen molar-refractivity contribution in [2.75, 3.05) is 20.3 Å². The smallest absolute Gasteiger partial charge is 0.274 e. The van der Waals surface area contributed by atoms with E-state index in [1.54, 1.807) is 0 Å². The molecule has 36 heavy (non-hydrogen) atoms. The molecule has 0 aliphatic carbocycles. The maximum atomic E-state index is 12.9. The molecule has 0 spiro atoms. The Morgan fingerprint density at radius 3 is 2.17 bits per heavy atom. The van der Waals surface area contributed by atoms with Crippen LogP contribution in [0.25, 0.3) is 0 Å². The van der Waals surface area contributed by atoms with Crippen molar-refractivity contribution in [1.29, 1.82) is 0 Å². The average Bonchev–Trinajstić information content (AvgIpc) is 2.91. The van der Waals surface area contributed by atoms with E-state index in [-0.39, 0.29) is 18.1 Å². The van der Waals surface area contributed by atoms with Gasteiger partial charge in [-0.05, 0) is 31.9 Å². The van der Waals surface area contributed by atoms with E-state index < -0.39 is 28.9 Å². The summed E-state index contributed by atoms with van der Waals surface area (Å²) in [6, 6.07) is 20.9. The van der Waals surface area contributed by atoms with E-state index in [1.807, 2.05) is 74.5 Å². The van der Waals surface area contributed by atoms with Crippen LogP contribution >= 0.6 is 0 Å². The minimum atomic E-state index is -1.41. The normalized spacial score (nSPS) is 13.9. The maximum absolute atomic E-state index is 12.9. The number of aromatic nitrogens is 1. The van der Waals surface area contributed by atoms with Crippen molar-refractivity contribution >= 4 is 12.2 Å². The number of hydrogen-bond acceptors (Lipinski definition) is 7. The average molecular weight is 493 g/mol. The third kappa shape index (κ3) is 5.56. The Labute approximate surface area is 211 Å². The van der Waals surface area contributed by atoms with E-state index in [0.29, 0.717) is 12.9 Å². The molecule has 3 aromatic rings. The van der Waals surface area contributed by atoms with Gasteiger partial charge in [-0.15, -0.1) is 0 Å². The second-order valence-corrected chi connectivity index (χ2v) is 8.55. The number of carbonyl (C=O) groups is 2. The van der Waals surface area contributed by atoms with Crippen molar-refractivity contribution in [2.24, 2.45) is 0 Å². The Balaban J connectivity index is 1.88. The molecule has 0 radical (unpaired) electrons. The Bertz CT molecular complexity index is 1120. The summed E-state index contributed by atoms with van der Waals surface area (Å²) in [7, 11) is 1.37. The molecule has 0 aliphatic heterocycles. The molecule has 0 aliphatic rings. The monoisotopic (exact) mass is 492 g/mol. The number of nitrogens with zero attached hydrogens (tertiary/aromatic N) is 1. The number of pyridine rings is 1. The fourth-order valence-corrected chi connectivity index (χ4v) is 4.12. The summed E-state index contributed by atoms with van der Waals surface area (Å²) < 4.78 is 17.7. The molecule has 1 aromatic heterocycles. The molecule has 0 saturated carbocycles. The van der Waals surface area contributed by atoms with Gasteiger partial charge in [-0.25, -0.2) is 4.98 Å². The summed E-state index contributed by atoms with van der Waals surface area (Å²) in [5.74, 6) is -1.05. The van der Waals surface area contributed by atoms with Crippen LogP contribution in [0.2, 0.25) is 0 Å². The number of amides is 1. The van der Waals surface area contributed by atoms with Crippen molar-refractivity contribution < 1.29 is 28.9 Å². The van der Waals surface area contributed by atoms with E-state index in [9.17, 15) is 14.7 Å². The Hall–Kier alpha value is -3.75. The molecule has 0 saturated heterocycles. The van der Waals surface area contributed by atoms with Gasteiger partial charge in [0.25, 0.3) is 5.91 Å². The summed E-state index contributed by atoms with van der Waals surface area (Å²) in [5.41, 5.74) is -0.834. The number of benzene rings is 2. The van der Waals surface area contributed by atoms with Gasteiger partial charge in [0.15, 0.2) is 17.2 Å². The van der Waals surface area contributed by atoms with Gasteiger partial charge in [0, 0.05) is 18.9 Å². The number of hydrogen-bond donors (Lipinski definition) is 2. The van der Waals surface area contributed by atoms with Crippen molar-refractivity contribution in [1.82, 2.24) is 10.3 Å². The van der Waals surface area contributed by atoms with Crippen molar-refractivity contribution in [3.63, 3.8) is 0 Å². The van der Waals surface area contributed by atoms with Gasteiger partial charge in [0.05, 0.1) is 19.8 Å². The van der Waals surface area contributed by atoms with Gasteiger partial charge in [-0.2, -0.15) is 0 Å². The molecule has 0 unspecified atom stereocenters. The van der Waals surface area contributed by atoms with Gasteiger partial charge in [-0.3, -0.25) is 4.79 Å². The van der Waals surface area contributed by atoms with E-state index in [4.69, 9.17) is 14.2 Å². The van der Waals surface area contributed by atoms with Crippen LogP contribution in [0.15, 0.2) is 72.9 Å². The molecule has 2 aromatic carbocycles. The van der Waals surface area contributed by atoms with E-state index in [2.05, 4.69) is 10.3 Å². The fraction of sp³-hybridized carbons (Fsp3) is 0.321. The second-order valence-electron chi connectivity index (χ2n) is 8.55. The fourth-order valence-electron chi connectivity index (χ4n) is 4.12. The molecular formula is C28H32N2O6. The minimum absolute atomic E-state index is 0.0973. The number of methoxy groups -OCH3 is 1. The summed E-state index contributed by atoms with van der Waals surface area (Å²) in [5, 5.41) is 12.9. The zero-order valence-electron chi connectivity index (χ0n) is 20.9. The molecule has 0 fully saturated rings. The molecule has 1 heterocycles. The SMILES string of the molecule is CCOC(c1ccccc1)(c1ccccc1)[C@H](C)OC[C@](C)(C=O)NC(=O)c1nccc(OC)c1O. The first-order valence-electron chi connectivity index (χ1n) is 11.7. The van der Waals surface area contributed by atoms with Crippen molar-refractivity contribution in [3.05, 3.63) is 89.7 Å². The minimum Gasteiger partial charge on any atom is -0.503 e. The highest BCUT2D eigenvalue weighted by atomic mass is 16.6. The standard InChI is InChI=1S/C28H32N2O6/c1-5-36-28(21-12-8-6-9-13-21,22-14-10-7-11-15-22)20(2)35-19-27(3,18-31)30-26(33)24-25(32)23(34-4)16-17-29-24/h6-18,20,32H,5,19H2,1-4H3,(H,30,33)/t20-,27-/m0/s1. The first-order valence-corrected chi connectivity index (χ1v) is 11.7. The molecule has 8 heteroatoms. The molecule has 190 valence electrons. The third-order valence-corrected chi connectivity index (χ3v) is 5.96. The number of rotatable bonds is 12. The zero-order valence-corrected chi connectivity index (χ0v) is 20.9. The van der Waals surface area contributed by atoms with Gasteiger partial charge < -0.3 is 29.4 Å². The quantitative estimate of drug-likeness (QED) is 0.370. The summed E-state index contributed by atoms with van der Waals surface area (Å²) in [6.07, 6.45) is 1.38. The van der Waals surface area contributed by atoms with Crippen LogP contribution in [0.5, 0.6) is 11.5 Å². The topological polar surface area (TPSA) is 107 Å². The lowest BCUT2D eigenvalue weighted by molar-refractivity contribution is -0.134. The Kier molecular flexibility index (Phi) is 8.79. The molecule has 2 N–H and O–H groups in total. The van der Waals surface area contributed by atoms with Crippen LogP contribution in [-0.2, 0) is 19.9 Å². The van der Waals surface area contributed by atoms with Gasteiger partial charge in [0.1, 0.15) is 17.4 Å². The molecule has 2 atom stereocenters. The lowest BCUT2D eigenvalue weighted by atomic mass is 9.81. The number of carbonyl (C=O) groups excluding carboxylic acids is 2. The largest absolute Gasteiger partial charge is 0.503 e. The molecule has 0 bridgehead atoms. The summed E-state index contributed by atoms with van der Waals surface area (Å²) in [4.78, 5) is 28.9. The Morgan fingerprint density at radius 2 is 1.67 bits per heavy atom. The maximum Gasteiger partial charge on any atom is 0.274 e. The van der Waals surface area contributed by atoms with Crippen LogP contribution < -0.4 is 10.1 Å². The van der Waals surface area contributed by atoms with Crippen LogP contribution in [0.3, 0.4) is 0 Å². The summed E-state index contributed by atoms with van der Waals surface area (Å²) >= 11 is 0. The first kappa shape index (κ1) is 26.8. The van der Waals surface area contributed by atoms with E-state index in [0.717, 1.165) is 11.1 Å². The van der Waals surface area contributed by atoms with Crippen LogP contribution in [-0.4, -0.2) is 54.3 Å². The predicted octanol–water partition coefficient (Wildman–Crippen LogP) is 3.87. The highest BCUT2D eigenvalue weighted by Crippen LogP contribution is 2.39. The second kappa shape index (κ2) is 11.8. The lowest BCUT2D eigenvalue weighted by Gasteiger charge is -2.40. The lowest BCUT2D eigenvalue weighted by Crippen LogP contribution is -2.53. The highest BCUT2D eigenvalue weighted by molar-refractivity contribution is 5.97. The Morgan fingerprint density at radius 1 is 1.08 bits per heavy atom. The van der Waals surface area contributed by atoms with Gasteiger partial charge in [-0.1, -0.05) is 60.7 Å². The van der Waals surface area contributed by atoms with Crippen LogP contribution in [0.4, 0.5) is 0 Å². The summed E-state index contributed by atoms with van der Waals surface area (Å²) in [6.45, 7) is 5.59. The number of aromatic hydroxyl groups is 1. The van der Waals surface area contributed by atoms with Crippen LogP contribution in [0, 0.1) is 0 Å². The van der Waals surface area contributed by atoms with E-state index in [1.165, 1.54) is 26.3 Å². The number of ether oxygens (including phenoxy) is 3. The molecular weight excluding hydrogens is 460 g/mol. The third-order valence-electron chi connectivity index (χ3n) is 5.96. The predicted molar refractivity (Wildman–Crippen MR) is 135 cm³/mol. The van der Waals surface area contributed by atoms with E-state index >= 15 is 0 Å². The van der Waals surface area contributed by atoms with Gasteiger partial charge >= 0.3 is 0 Å². The van der Waals surface area contributed by atoms with Crippen LogP contribution in [0.1, 0.15) is 42.4 Å². The zero-order chi connectivity index (χ0) is 26.2. The van der Waals surface area contributed by atoms with Gasteiger partial charge in [0.2, 0.25) is 0 Å². The first-order chi connectivity index (χ1) is 17.3. The number of nitrogens with one attached hydrogen (secondary N) is 1. The molecule has 3 rings (SSSR count). The molecule has 8 nitrogen and oxygen atoms in total. The highest BCUT2D eigenvalue weighted by Gasteiger charge is 2.43.